The second-order valence-electron chi connectivity index (χ2n) is 4.51. The van der Waals surface area contributed by atoms with E-state index in [2.05, 4.69) is 4.98 Å². The van der Waals surface area contributed by atoms with Crippen molar-refractivity contribution >= 4 is 6.03 Å². The first-order valence-electron chi connectivity index (χ1n) is 6.04. The lowest BCUT2D eigenvalue weighted by atomic mass is 10.1. The van der Waals surface area contributed by atoms with Gasteiger partial charge in [-0.1, -0.05) is 25.7 Å². The van der Waals surface area contributed by atoms with Gasteiger partial charge in [-0.2, -0.15) is 0 Å². The molecular weight excluding hydrogens is 202 g/mol. The average molecular weight is 221 g/mol. The molecule has 1 amide bonds. The summed E-state index contributed by atoms with van der Waals surface area (Å²) in [5.41, 5.74) is 0. The SMILES string of the molecule is CN(C(=O)n1ccnc1)C1CCCCCC1. The number of amides is 1. The van der Waals surface area contributed by atoms with Gasteiger partial charge < -0.3 is 4.90 Å². The lowest BCUT2D eigenvalue weighted by molar-refractivity contribution is 0.185. The minimum Gasteiger partial charge on any atom is -0.324 e. The van der Waals surface area contributed by atoms with Crippen molar-refractivity contribution < 1.29 is 4.79 Å². The van der Waals surface area contributed by atoms with Gasteiger partial charge in [0.25, 0.3) is 0 Å². The van der Waals surface area contributed by atoms with Gasteiger partial charge in [-0.25, -0.2) is 9.78 Å². The maximum atomic E-state index is 12.1. The molecule has 1 aliphatic rings. The number of nitrogens with zero attached hydrogens (tertiary/aromatic N) is 3. The minimum atomic E-state index is 0.0319. The van der Waals surface area contributed by atoms with E-state index in [1.807, 2.05) is 11.9 Å². The van der Waals surface area contributed by atoms with Crippen molar-refractivity contribution in [2.24, 2.45) is 0 Å². The summed E-state index contributed by atoms with van der Waals surface area (Å²) in [6.45, 7) is 0. The summed E-state index contributed by atoms with van der Waals surface area (Å²) in [4.78, 5) is 17.8. The molecule has 1 fully saturated rings. The maximum absolute atomic E-state index is 12.1. The van der Waals surface area contributed by atoms with Crippen molar-refractivity contribution in [3.05, 3.63) is 18.7 Å². The molecule has 0 unspecified atom stereocenters. The van der Waals surface area contributed by atoms with Crippen LogP contribution in [0.15, 0.2) is 18.7 Å². The Morgan fingerprint density at radius 2 is 2.00 bits per heavy atom. The molecule has 1 heterocycles. The minimum absolute atomic E-state index is 0.0319. The summed E-state index contributed by atoms with van der Waals surface area (Å²) in [5.74, 6) is 0. The van der Waals surface area contributed by atoms with Gasteiger partial charge in [-0.15, -0.1) is 0 Å². The second-order valence-corrected chi connectivity index (χ2v) is 4.51. The monoisotopic (exact) mass is 221 g/mol. The highest BCUT2D eigenvalue weighted by molar-refractivity contribution is 5.76. The van der Waals surface area contributed by atoms with Crippen molar-refractivity contribution in [1.29, 1.82) is 0 Å². The Labute approximate surface area is 96.3 Å². The molecule has 1 aliphatic carbocycles. The Balaban J connectivity index is 2.00. The zero-order valence-corrected chi connectivity index (χ0v) is 9.80. The van der Waals surface area contributed by atoms with Gasteiger partial charge >= 0.3 is 6.03 Å². The number of imidazole rings is 1. The standard InChI is InChI=1S/C12H19N3O/c1-14(11-6-4-2-3-5-7-11)12(16)15-9-8-13-10-15/h8-11H,2-7H2,1H3. The zero-order chi connectivity index (χ0) is 11.4. The van der Waals surface area contributed by atoms with Gasteiger partial charge in [0.15, 0.2) is 0 Å². The average Bonchev–Trinajstić information content (AvgIpc) is 2.70. The van der Waals surface area contributed by atoms with E-state index >= 15 is 0 Å². The van der Waals surface area contributed by atoms with E-state index in [1.165, 1.54) is 25.7 Å². The summed E-state index contributed by atoms with van der Waals surface area (Å²) < 4.78 is 1.55. The third-order valence-electron chi connectivity index (χ3n) is 3.40. The van der Waals surface area contributed by atoms with Crippen LogP contribution in [0.5, 0.6) is 0 Å². The van der Waals surface area contributed by atoms with Crippen molar-refractivity contribution in [3.63, 3.8) is 0 Å². The molecule has 1 aromatic heterocycles. The molecule has 0 saturated heterocycles. The third-order valence-corrected chi connectivity index (χ3v) is 3.40. The fourth-order valence-corrected chi connectivity index (χ4v) is 2.36. The molecule has 4 nitrogen and oxygen atoms in total. The second kappa shape index (κ2) is 5.14. The fourth-order valence-electron chi connectivity index (χ4n) is 2.36. The van der Waals surface area contributed by atoms with Gasteiger partial charge in [0.05, 0.1) is 0 Å². The van der Waals surface area contributed by atoms with Gasteiger partial charge in [-0.3, -0.25) is 4.57 Å². The van der Waals surface area contributed by atoms with Crippen LogP contribution in [0.4, 0.5) is 4.79 Å². The third kappa shape index (κ3) is 2.43. The van der Waals surface area contributed by atoms with Crippen LogP contribution in [-0.2, 0) is 0 Å². The Bertz CT molecular complexity index is 326. The molecule has 0 aliphatic heterocycles. The van der Waals surface area contributed by atoms with Crippen LogP contribution in [0.1, 0.15) is 38.5 Å². The molecule has 0 aromatic carbocycles. The highest BCUT2D eigenvalue weighted by Crippen LogP contribution is 2.21. The predicted molar refractivity (Wildman–Crippen MR) is 62.3 cm³/mol. The first-order valence-corrected chi connectivity index (χ1v) is 6.04. The molecule has 2 rings (SSSR count). The first kappa shape index (κ1) is 11.2. The smallest absolute Gasteiger partial charge is 0.324 e. The molecule has 1 aromatic rings. The van der Waals surface area contributed by atoms with E-state index in [0.717, 1.165) is 12.8 Å². The lowest BCUT2D eigenvalue weighted by Gasteiger charge is -2.26. The van der Waals surface area contributed by atoms with E-state index in [9.17, 15) is 4.79 Å². The van der Waals surface area contributed by atoms with E-state index in [0.29, 0.717) is 6.04 Å². The Morgan fingerprint density at radius 3 is 2.56 bits per heavy atom. The predicted octanol–water partition coefficient (Wildman–Crippen LogP) is 2.51. The Morgan fingerprint density at radius 1 is 1.31 bits per heavy atom. The van der Waals surface area contributed by atoms with Crippen LogP contribution in [0.2, 0.25) is 0 Å². The summed E-state index contributed by atoms with van der Waals surface area (Å²) in [6.07, 6.45) is 12.3. The van der Waals surface area contributed by atoms with Crippen LogP contribution < -0.4 is 0 Å². The molecule has 1 saturated carbocycles. The molecule has 4 heteroatoms. The largest absolute Gasteiger partial charge is 0.329 e. The quantitative estimate of drug-likeness (QED) is 0.683. The number of rotatable bonds is 1. The summed E-state index contributed by atoms with van der Waals surface area (Å²) >= 11 is 0. The number of carbonyl (C=O) groups excluding carboxylic acids is 1. The Kier molecular flexibility index (Phi) is 3.59. The summed E-state index contributed by atoms with van der Waals surface area (Å²) in [5, 5.41) is 0. The van der Waals surface area contributed by atoms with Crippen LogP contribution in [0.25, 0.3) is 0 Å². The fraction of sp³-hybridized carbons (Fsp3) is 0.667. The van der Waals surface area contributed by atoms with E-state index in [1.54, 1.807) is 23.3 Å². The lowest BCUT2D eigenvalue weighted by Crippen LogP contribution is -2.39. The molecule has 0 N–H and O–H groups in total. The topological polar surface area (TPSA) is 38.1 Å². The summed E-state index contributed by atoms with van der Waals surface area (Å²) in [6, 6.07) is 0.432. The molecule has 0 spiro atoms. The van der Waals surface area contributed by atoms with Crippen LogP contribution in [0.3, 0.4) is 0 Å². The zero-order valence-electron chi connectivity index (χ0n) is 9.80. The molecule has 0 bridgehead atoms. The summed E-state index contributed by atoms with van der Waals surface area (Å²) in [7, 11) is 1.90. The molecule has 88 valence electrons. The number of carbonyl (C=O) groups is 1. The highest BCUT2D eigenvalue weighted by atomic mass is 16.2. The number of hydrogen-bond donors (Lipinski definition) is 0. The van der Waals surface area contributed by atoms with Crippen LogP contribution >= 0.6 is 0 Å². The number of aromatic nitrogens is 2. The molecule has 0 radical (unpaired) electrons. The Hall–Kier alpha value is -1.32. The van der Waals surface area contributed by atoms with Gasteiger partial charge in [0.2, 0.25) is 0 Å². The number of hydrogen-bond acceptors (Lipinski definition) is 2. The van der Waals surface area contributed by atoms with Crippen molar-refractivity contribution in [1.82, 2.24) is 14.5 Å². The van der Waals surface area contributed by atoms with E-state index in [-0.39, 0.29) is 6.03 Å². The normalized spacial score (nSPS) is 18.1. The molecular formula is C12H19N3O. The van der Waals surface area contributed by atoms with Gasteiger partial charge in [0.1, 0.15) is 6.33 Å². The van der Waals surface area contributed by atoms with E-state index in [4.69, 9.17) is 0 Å². The van der Waals surface area contributed by atoms with Crippen molar-refractivity contribution in [3.8, 4) is 0 Å². The highest BCUT2D eigenvalue weighted by Gasteiger charge is 2.21. The van der Waals surface area contributed by atoms with Crippen molar-refractivity contribution in [2.45, 2.75) is 44.6 Å². The van der Waals surface area contributed by atoms with Gasteiger partial charge in [0, 0.05) is 25.5 Å². The van der Waals surface area contributed by atoms with Crippen LogP contribution in [-0.4, -0.2) is 33.6 Å². The van der Waals surface area contributed by atoms with Crippen LogP contribution in [0, 0.1) is 0 Å². The van der Waals surface area contributed by atoms with Crippen molar-refractivity contribution in [2.75, 3.05) is 7.05 Å². The van der Waals surface area contributed by atoms with Gasteiger partial charge in [-0.05, 0) is 12.8 Å². The first-order chi connectivity index (χ1) is 7.79. The molecule has 16 heavy (non-hydrogen) atoms. The maximum Gasteiger partial charge on any atom is 0.329 e. The molecule has 0 atom stereocenters. The van der Waals surface area contributed by atoms with E-state index < -0.39 is 0 Å².